The van der Waals surface area contributed by atoms with Crippen LogP contribution in [0.1, 0.15) is 140 Å². The number of aryl methyl sites for hydroxylation is 1. The highest BCUT2D eigenvalue weighted by atomic mass is 32.2. The van der Waals surface area contributed by atoms with Crippen molar-refractivity contribution in [3.63, 3.8) is 0 Å². The molecule has 2 aliphatic heterocycles. The predicted octanol–water partition coefficient (Wildman–Crippen LogP) is -0.644. The Hall–Kier alpha value is -13.8. The number of hydrogen-bond acceptors (Lipinski definition) is 21. The number of thioether (sulfide) groups is 1. The van der Waals surface area contributed by atoms with Gasteiger partial charge >= 0.3 is 0 Å². The third-order valence-corrected chi connectivity index (χ3v) is 24.9. The van der Waals surface area contributed by atoms with E-state index in [-0.39, 0.29) is 89.6 Å². The molecule has 8 rings (SSSR count). The normalized spacial score (nSPS) is 23.1. The van der Waals surface area contributed by atoms with Crippen LogP contribution in [0, 0.1) is 18.3 Å². The number of guanidine groups is 1. The molecule has 6 aromatic rings. The summed E-state index contributed by atoms with van der Waals surface area (Å²) in [6.07, 6.45) is 4.36. The van der Waals surface area contributed by atoms with Crippen LogP contribution < -0.4 is 75.7 Å². The Morgan fingerprint density at radius 1 is 0.551 bits per heavy atom. The number of amides is 17. The minimum Gasteiger partial charge on any atom is -0.394 e. The van der Waals surface area contributed by atoms with Crippen LogP contribution in [0.25, 0.3) is 22.0 Å². The van der Waals surface area contributed by atoms with Gasteiger partial charge in [0, 0.05) is 102 Å². The number of carbonyl (C=O) groups excluding carboxylic acids is 17. The zero-order valence-electron chi connectivity index (χ0n) is 78.6. The lowest BCUT2D eigenvalue weighted by molar-refractivity contribution is -0.149. The van der Waals surface area contributed by atoms with E-state index in [1.54, 1.807) is 86.8 Å². The molecule has 2 fully saturated rings. The monoisotopic (exact) mass is 1900 g/mol. The number of aliphatic hydroxyl groups excluding tert-OH is 1. The molecule has 4 heterocycles. The summed E-state index contributed by atoms with van der Waals surface area (Å²) >= 11 is 0.796. The molecule has 736 valence electrons. The maximum Gasteiger partial charge on any atom is 0.246 e. The van der Waals surface area contributed by atoms with Crippen LogP contribution in [0.15, 0.2) is 122 Å². The molecular weight excluding hydrogens is 1770 g/mol. The molecular formula is C94H131N23O18S. The number of hydrogen-bond donors (Lipinski definition) is 18. The van der Waals surface area contributed by atoms with E-state index in [2.05, 4.69) is 73.4 Å². The number of aromatic amines is 2. The fraction of sp³-hybridized carbons (Fsp3) is 0.500. The maximum atomic E-state index is 15.8. The lowest BCUT2D eigenvalue weighted by Gasteiger charge is -2.36. The van der Waals surface area contributed by atoms with Crippen molar-refractivity contribution in [2.75, 3.05) is 72.5 Å². The van der Waals surface area contributed by atoms with Crippen molar-refractivity contribution < 1.29 is 86.6 Å². The number of nitrogens with one attached hydrogen (secondary N) is 14. The summed E-state index contributed by atoms with van der Waals surface area (Å²) in [5.41, 5.74) is 22.1. The lowest BCUT2D eigenvalue weighted by Crippen LogP contribution is -2.61. The second kappa shape index (κ2) is 52.7. The number of primary amides is 2. The van der Waals surface area contributed by atoms with Crippen LogP contribution in [-0.2, 0) is 107 Å². The fourth-order valence-electron chi connectivity index (χ4n) is 16.2. The molecule has 2 aromatic heterocycles. The molecule has 4 aromatic carbocycles. The smallest absolute Gasteiger partial charge is 0.246 e. The van der Waals surface area contributed by atoms with Gasteiger partial charge in [0.05, 0.1) is 38.2 Å². The number of unbranched alkanes of at least 4 members (excludes halogenated alkanes) is 2. The number of fused-ring (bicyclic) bond motifs is 2. The molecule has 2 aliphatic rings. The first-order chi connectivity index (χ1) is 64.8. The first kappa shape index (κ1) is 108. The molecule has 17 amide bonds. The summed E-state index contributed by atoms with van der Waals surface area (Å²) in [6.45, 7) is 7.88. The number of rotatable bonds is 27. The van der Waals surface area contributed by atoms with Gasteiger partial charge in [-0.15, -0.1) is 11.8 Å². The van der Waals surface area contributed by atoms with E-state index in [1.807, 2.05) is 57.2 Å². The van der Waals surface area contributed by atoms with Crippen molar-refractivity contribution in [1.29, 1.82) is 5.41 Å². The number of para-hydroxylation sites is 1. The summed E-state index contributed by atoms with van der Waals surface area (Å²) in [4.78, 5) is 265. The minimum absolute atomic E-state index is 0.000154. The highest BCUT2D eigenvalue weighted by Gasteiger charge is 2.44. The van der Waals surface area contributed by atoms with Gasteiger partial charge in [-0.25, -0.2) is 4.98 Å². The summed E-state index contributed by atoms with van der Waals surface area (Å²) in [5, 5.41) is 48.9. The molecule has 2 saturated heterocycles. The quantitative estimate of drug-likeness (QED) is 0.0173. The number of H-pyrrole nitrogens is 2. The summed E-state index contributed by atoms with van der Waals surface area (Å²) in [7, 11) is 5.26. The first-order valence-corrected chi connectivity index (χ1v) is 46.9. The second-order valence-electron chi connectivity index (χ2n) is 34.8. The van der Waals surface area contributed by atoms with Crippen molar-refractivity contribution in [1.82, 2.24) is 97.9 Å². The Morgan fingerprint density at radius 3 is 1.76 bits per heavy atom. The van der Waals surface area contributed by atoms with Crippen LogP contribution in [-0.4, -0.2) is 302 Å². The van der Waals surface area contributed by atoms with Gasteiger partial charge < -0.3 is 115 Å². The number of nitrogens with zero attached hydrogens (tertiary/aromatic N) is 6. The van der Waals surface area contributed by atoms with Gasteiger partial charge in [-0.1, -0.05) is 150 Å². The molecule has 0 aliphatic carbocycles. The molecule has 136 heavy (non-hydrogen) atoms. The van der Waals surface area contributed by atoms with Crippen LogP contribution >= 0.6 is 11.8 Å². The molecule has 0 radical (unpaired) electrons. The van der Waals surface area contributed by atoms with Gasteiger partial charge in [0.25, 0.3) is 0 Å². The average Bonchev–Trinajstić information content (AvgIpc) is 1.49. The van der Waals surface area contributed by atoms with Crippen LogP contribution in [0.2, 0.25) is 0 Å². The highest BCUT2D eigenvalue weighted by Crippen LogP contribution is 2.27. The predicted molar refractivity (Wildman–Crippen MR) is 508 cm³/mol. The van der Waals surface area contributed by atoms with E-state index in [4.69, 9.17) is 22.6 Å². The molecule has 0 spiro atoms. The first-order valence-electron chi connectivity index (χ1n) is 45.7. The standard InChI is InChI=1S/C94H131N23O18S/c1-11-13-31-74-87(129)106-65(30-22-38-100-94(97)98)83(125)112-73(82(124)102-48-78(96)120)51-136-52-80(122)105-69(41-57-25-16-15-17-26-57)90(132)114(8)56(6)81(123)108-71(45-77(95)119)92(134)117-39-23-33-75(117)88(130)107-67(44-61-47-99-53-103-61)85(127)109-68(40-54(3)4)89(131)113(7)49-79(121)104-66(43-60-46-101-64-29-21-20-28-63(60)64)84(126)111-72(50-118)86(128)110-70(91(133)116(10)76(32-14-12-2)93(135)115(74)9)42-58-34-36-59(37-35-58)62-27-19-18-24-55(62)5/h15-21,24-29,34-37,46-47,53-54,56,65-76,101,118H,11-14,22-23,30-33,38-45,48-52H2,1-10H3,(H2,95,119)(H2,96,120)(H,99,103)(H,102,124)(H,104,121)(H,105,122)(H,106,129)(H,107,130)(H,108,123)(H,109,127)(H,110,128)(H,111,126)(H,112,125)(H4,97,98,100). The van der Waals surface area contributed by atoms with Crippen LogP contribution in [0.3, 0.4) is 0 Å². The van der Waals surface area contributed by atoms with E-state index in [1.165, 1.54) is 47.6 Å². The third-order valence-electron chi connectivity index (χ3n) is 23.9. The SMILES string of the molecule is CCCCC1C(=O)N(C)C(CCCC)C(=O)NC(CCCNC(=N)N)C(=O)NC(C(=O)NCC(N)=O)CSCC(=O)NC(Cc2ccccc2)C(=O)N(C)C(C)C(=O)NC(CC(N)=O)C(=O)N2CCCC2C(=O)NC(Cc2cnc[nH]2)C(=O)NC(CC(C)C)C(=O)N(C)CC(=O)NC(Cc2c[nH]c3ccccc23)C(=O)NC(CO)C(=O)NC(Cc2ccc(-c3ccccc3C)cc2)C(=O)N1C. The molecule has 0 saturated carbocycles. The Balaban J connectivity index is 1.19. The van der Waals surface area contributed by atoms with E-state index in [0.29, 0.717) is 59.0 Å². The summed E-state index contributed by atoms with van der Waals surface area (Å²) in [6, 6.07) is 10.6. The molecule has 21 N–H and O–H groups in total. The van der Waals surface area contributed by atoms with Crippen LogP contribution in [0.4, 0.5) is 0 Å². The van der Waals surface area contributed by atoms with Crippen LogP contribution in [0.5, 0.6) is 0 Å². The Kier molecular flexibility index (Phi) is 41.7. The van der Waals surface area contributed by atoms with Crippen molar-refractivity contribution in [2.24, 2.45) is 23.1 Å². The van der Waals surface area contributed by atoms with Crippen molar-refractivity contribution >= 4 is 129 Å². The highest BCUT2D eigenvalue weighted by molar-refractivity contribution is 8.00. The topological polar surface area (TPSA) is 605 Å². The molecule has 0 bridgehead atoms. The van der Waals surface area contributed by atoms with E-state index in [0.717, 1.165) is 53.0 Å². The number of aromatic nitrogens is 3. The van der Waals surface area contributed by atoms with E-state index >= 15 is 24.0 Å². The lowest BCUT2D eigenvalue weighted by atomic mass is 9.97. The molecule has 13 atom stereocenters. The van der Waals surface area contributed by atoms with Gasteiger partial charge in [-0.2, -0.15) is 0 Å². The molecule has 41 nitrogen and oxygen atoms in total. The van der Waals surface area contributed by atoms with Gasteiger partial charge in [0.1, 0.15) is 78.5 Å². The molecule has 42 heteroatoms. The Labute approximate surface area is 794 Å². The number of nitrogens with two attached hydrogens (primary N) is 3. The largest absolute Gasteiger partial charge is 0.394 e. The number of imidazole rings is 1. The van der Waals surface area contributed by atoms with Crippen molar-refractivity contribution in [2.45, 2.75) is 223 Å². The summed E-state index contributed by atoms with van der Waals surface area (Å²) < 4.78 is 0. The fourth-order valence-corrected chi connectivity index (χ4v) is 17.1. The third kappa shape index (κ3) is 31.7. The van der Waals surface area contributed by atoms with Gasteiger partial charge in [0.2, 0.25) is 100 Å². The Morgan fingerprint density at radius 2 is 1.12 bits per heavy atom. The zero-order chi connectivity index (χ0) is 99.6. The van der Waals surface area contributed by atoms with E-state index in [9.17, 15) is 62.6 Å². The zero-order valence-corrected chi connectivity index (χ0v) is 79.4. The number of carbonyl (C=O) groups is 17. The van der Waals surface area contributed by atoms with Gasteiger partial charge in [-0.3, -0.25) is 86.9 Å². The number of likely N-dealkylation sites (N-methyl/N-ethyl adjacent to an activating group) is 4. The number of aliphatic hydroxyl groups is 1. The second-order valence-corrected chi connectivity index (χ2v) is 35.8. The van der Waals surface area contributed by atoms with Gasteiger partial charge in [0.15, 0.2) is 5.96 Å². The van der Waals surface area contributed by atoms with Gasteiger partial charge in [-0.05, 0) is 104 Å². The average molecular weight is 1900 g/mol. The maximum absolute atomic E-state index is 15.8. The van der Waals surface area contributed by atoms with Crippen molar-refractivity contribution in [3.05, 3.63) is 150 Å². The minimum atomic E-state index is -1.85. The summed E-state index contributed by atoms with van der Waals surface area (Å²) in [5.74, 6) is -17.1. The molecule has 13 unspecified atom stereocenters. The van der Waals surface area contributed by atoms with Crippen molar-refractivity contribution in [3.8, 4) is 11.1 Å². The number of benzene rings is 4. The Bertz CT molecular complexity index is 5180. The van der Waals surface area contributed by atoms with E-state index < -0.39 is 223 Å².